The molecule has 1 rings (SSSR count). The summed E-state index contributed by atoms with van der Waals surface area (Å²) in [5.74, 6) is 1.05. The first-order valence-electron chi connectivity index (χ1n) is 6.59. The van der Waals surface area contributed by atoms with Crippen LogP contribution in [0.4, 0.5) is 0 Å². The lowest BCUT2D eigenvalue weighted by atomic mass is 10.1. The number of rotatable bonds is 8. The van der Waals surface area contributed by atoms with Gasteiger partial charge in [-0.2, -0.15) is 0 Å². The van der Waals surface area contributed by atoms with E-state index in [4.69, 9.17) is 0 Å². The van der Waals surface area contributed by atoms with Gasteiger partial charge in [0.05, 0.1) is 0 Å². The zero-order valence-electron chi connectivity index (χ0n) is 11.0. The Morgan fingerprint density at radius 1 is 1.44 bits per heavy atom. The molecule has 0 aliphatic heterocycles. The van der Waals surface area contributed by atoms with Crippen molar-refractivity contribution in [1.82, 2.24) is 10.2 Å². The van der Waals surface area contributed by atoms with Crippen molar-refractivity contribution in [2.75, 3.05) is 20.1 Å². The van der Waals surface area contributed by atoms with E-state index in [0.717, 1.165) is 25.9 Å². The topological polar surface area (TPSA) is 32.3 Å². The van der Waals surface area contributed by atoms with Crippen molar-refractivity contribution in [1.29, 1.82) is 0 Å². The van der Waals surface area contributed by atoms with Gasteiger partial charge >= 0.3 is 0 Å². The maximum Gasteiger partial charge on any atom is 0.222 e. The van der Waals surface area contributed by atoms with Crippen LogP contribution in [0.5, 0.6) is 0 Å². The number of nitrogens with one attached hydrogen (secondary N) is 1. The van der Waals surface area contributed by atoms with E-state index in [0.29, 0.717) is 24.3 Å². The van der Waals surface area contributed by atoms with E-state index in [1.54, 1.807) is 0 Å². The molecule has 1 saturated carbocycles. The van der Waals surface area contributed by atoms with Crippen molar-refractivity contribution in [3.63, 3.8) is 0 Å². The van der Waals surface area contributed by atoms with E-state index in [2.05, 4.69) is 24.1 Å². The number of hydrogen-bond acceptors (Lipinski definition) is 2. The van der Waals surface area contributed by atoms with Gasteiger partial charge in [-0.3, -0.25) is 4.79 Å². The first-order chi connectivity index (χ1) is 7.65. The van der Waals surface area contributed by atoms with E-state index in [1.807, 2.05) is 7.05 Å². The Balaban J connectivity index is 2.28. The number of amides is 1. The lowest BCUT2D eigenvalue weighted by Gasteiger charge is -2.23. The van der Waals surface area contributed by atoms with Crippen LogP contribution < -0.4 is 5.32 Å². The third kappa shape index (κ3) is 4.97. The lowest BCUT2D eigenvalue weighted by Crippen LogP contribution is -2.34. The summed E-state index contributed by atoms with van der Waals surface area (Å²) in [4.78, 5) is 14.1. The second kappa shape index (κ2) is 6.89. The maximum atomic E-state index is 12.0. The summed E-state index contributed by atoms with van der Waals surface area (Å²) in [5, 5.41) is 3.09. The summed E-state index contributed by atoms with van der Waals surface area (Å²) >= 11 is 0. The third-order valence-corrected chi connectivity index (χ3v) is 3.07. The van der Waals surface area contributed by atoms with Crippen LogP contribution >= 0.6 is 0 Å². The predicted octanol–water partition coefficient (Wildman–Crippen LogP) is 2.02. The minimum atomic E-state index is 0.360. The van der Waals surface area contributed by atoms with E-state index >= 15 is 0 Å². The Labute approximate surface area is 99.6 Å². The monoisotopic (exact) mass is 226 g/mol. The second-order valence-electron chi connectivity index (χ2n) is 5.21. The minimum Gasteiger partial charge on any atom is -0.340 e. The van der Waals surface area contributed by atoms with Crippen molar-refractivity contribution in [3.05, 3.63) is 0 Å². The Kier molecular flexibility index (Phi) is 5.81. The van der Waals surface area contributed by atoms with Crippen LogP contribution in [0.3, 0.4) is 0 Å². The van der Waals surface area contributed by atoms with Crippen LogP contribution in [-0.2, 0) is 4.79 Å². The van der Waals surface area contributed by atoms with Gasteiger partial charge in [0.25, 0.3) is 0 Å². The van der Waals surface area contributed by atoms with Crippen LogP contribution in [0, 0.1) is 5.92 Å². The molecule has 0 bridgehead atoms. The molecule has 0 spiro atoms. The van der Waals surface area contributed by atoms with Gasteiger partial charge in [-0.1, -0.05) is 13.8 Å². The van der Waals surface area contributed by atoms with Gasteiger partial charge in [-0.25, -0.2) is 0 Å². The largest absolute Gasteiger partial charge is 0.340 e. The number of carbonyl (C=O) groups is 1. The molecule has 16 heavy (non-hydrogen) atoms. The van der Waals surface area contributed by atoms with E-state index in [9.17, 15) is 4.79 Å². The lowest BCUT2D eigenvalue weighted by molar-refractivity contribution is -0.132. The van der Waals surface area contributed by atoms with Crippen molar-refractivity contribution < 1.29 is 4.79 Å². The molecule has 0 aromatic carbocycles. The second-order valence-corrected chi connectivity index (χ2v) is 5.21. The average Bonchev–Trinajstić information content (AvgIpc) is 3.02. The number of nitrogens with zero attached hydrogens (tertiary/aromatic N) is 1. The van der Waals surface area contributed by atoms with Crippen LogP contribution in [0.1, 0.15) is 46.0 Å². The van der Waals surface area contributed by atoms with E-state index in [1.165, 1.54) is 12.8 Å². The molecule has 94 valence electrons. The van der Waals surface area contributed by atoms with E-state index < -0.39 is 0 Å². The highest BCUT2D eigenvalue weighted by Crippen LogP contribution is 2.28. The molecule has 0 heterocycles. The molecule has 0 saturated heterocycles. The first kappa shape index (κ1) is 13.5. The summed E-state index contributed by atoms with van der Waals surface area (Å²) in [6.45, 7) is 6.34. The Bertz CT molecular complexity index is 212. The summed E-state index contributed by atoms with van der Waals surface area (Å²) in [7, 11) is 1.93. The Morgan fingerprint density at radius 2 is 2.12 bits per heavy atom. The van der Waals surface area contributed by atoms with Gasteiger partial charge in [-0.05, 0) is 45.2 Å². The highest BCUT2D eigenvalue weighted by Gasteiger charge is 2.31. The first-order valence-corrected chi connectivity index (χ1v) is 6.59. The molecule has 0 aromatic heterocycles. The number of carbonyl (C=O) groups excluding carboxylic acids is 1. The molecule has 0 atom stereocenters. The van der Waals surface area contributed by atoms with Crippen LogP contribution in [0.2, 0.25) is 0 Å². The van der Waals surface area contributed by atoms with Gasteiger partial charge in [0.15, 0.2) is 0 Å². The fourth-order valence-corrected chi connectivity index (χ4v) is 1.85. The summed E-state index contributed by atoms with van der Waals surface area (Å²) in [5.41, 5.74) is 0. The SMILES string of the molecule is CNCCCC(=O)N(CCC(C)C)C1CC1. The fraction of sp³-hybridized carbons (Fsp3) is 0.923. The van der Waals surface area contributed by atoms with Crippen molar-refractivity contribution in [2.45, 2.75) is 52.0 Å². The van der Waals surface area contributed by atoms with Crippen LogP contribution in [0.25, 0.3) is 0 Å². The minimum absolute atomic E-state index is 0.360. The van der Waals surface area contributed by atoms with Gasteiger partial charge in [0.1, 0.15) is 0 Å². The zero-order valence-corrected chi connectivity index (χ0v) is 11.0. The molecule has 1 aliphatic rings. The Morgan fingerprint density at radius 3 is 2.62 bits per heavy atom. The highest BCUT2D eigenvalue weighted by molar-refractivity contribution is 5.76. The summed E-state index contributed by atoms with van der Waals surface area (Å²) < 4.78 is 0. The van der Waals surface area contributed by atoms with Crippen molar-refractivity contribution in [2.24, 2.45) is 5.92 Å². The quantitative estimate of drug-likeness (QED) is 0.642. The molecular weight excluding hydrogens is 200 g/mol. The Hall–Kier alpha value is -0.570. The molecule has 0 aromatic rings. The molecule has 0 unspecified atom stereocenters. The molecule has 3 heteroatoms. The normalized spacial score (nSPS) is 15.5. The van der Waals surface area contributed by atoms with Crippen LogP contribution in [-0.4, -0.2) is 37.0 Å². The molecular formula is C13H26N2O. The van der Waals surface area contributed by atoms with Crippen molar-refractivity contribution >= 4 is 5.91 Å². The predicted molar refractivity (Wildman–Crippen MR) is 67.4 cm³/mol. The summed E-state index contributed by atoms with van der Waals surface area (Å²) in [6, 6.07) is 0.570. The molecule has 1 N–H and O–H groups in total. The molecule has 0 radical (unpaired) electrons. The van der Waals surface area contributed by atoms with Crippen LogP contribution in [0.15, 0.2) is 0 Å². The third-order valence-electron chi connectivity index (χ3n) is 3.07. The van der Waals surface area contributed by atoms with Crippen molar-refractivity contribution in [3.8, 4) is 0 Å². The smallest absolute Gasteiger partial charge is 0.222 e. The molecule has 1 fully saturated rings. The molecule has 1 aliphatic carbocycles. The standard InChI is InChI=1S/C13H26N2O/c1-11(2)8-10-15(12-6-7-12)13(16)5-4-9-14-3/h11-12,14H,4-10H2,1-3H3. The van der Waals surface area contributed by atoms with Gasteiger partial charge in [0.2, 0.25) is 5.91 Å². The zero-order chi connectivity index (χ0) is 12.0. The summed E-state index contributed by atoms with van der Waals surface area (Å²) in [6.07, 6.45) is 5.23. The molecule has 1 amide bonds. The highest BCUT2D eigenvalue weighted by atomic mass is 16.2. The van der Waals surface area contributed by atoms with Gasteiger partial charge in [0, 0.05) is 19.0 Å². The van der Waals surface area contributed by atoms with E-state index in [-0.39, 0.29) is 0 Å². The number of hydrogen-bond donors (Lipinski definition) is 1. The fourth-order valence-electron chi connectivity index (χ4n) is 1.85. The maximum absolute atomic E-state index is 12.0. The van der Waals surface area contributed by atoms with Gasteiger partial charge in [-0.15, -0.1) is 0 Å². The van der Waals surface area contributed by atoms with Gasteiger partial charge < -0.3 is 10.2 Å². The molecule has 3 nitrogen and oxygen atoms in total. The average molecular weight is 226 g/mol.